The lowest BCUT2D eigenvalue weighted by Gasteiger charge is -2.17. The molecule has 1 aliphatic carbocycles. The zero-order valence-corrected chi connectivity index (χ0v) is 7.80. The van der Waals surface area contributed by atoms with E-state index in [4.69, 9.17) is 4.74 Å². The molecule has 0 N–H and O–H groups in total. The standard InChI is InChI=1S/C10H16O2/c1-3-8(2)12-10-6-4-5-9(11)7-10/h7-8H,3-6H2,1-2H3/t8-/m0/s1. The second-order valence-corrected chi connectivity index (χ2v) is 3.27. The normalized spacial score (nSPS) is 20.2. The maximum atomic E-state index is 11.0. The molecule has 1 rings (SSSR count). The van der Waals surface area contributed by atoms with Crippen LogP contribution in [0.1, 0.15) is 39.5 Å². The maximum absolute atomic E-state index is 11.0. The summed E-state index contributed by atoms with van der Waals surface area (Å²) in [5.74, 6) is 1.08. The lowest BCUT2D eigenvalue weighted by atomic mass is 10.1. The fraction of sp³-hybridized carbons (Fsp3) is 0.700. The Bertz CT molecular complexity index is 194. The number of rotatable bonds is 3. The van der Waals surface area contributed by atoms with Gasteiger partial charge in [0.2, 0.25) is 0 Å². The van der Waals surface area contributed by atoms with Gasteiger partial charge in [0.1, 0.15) is 0 Å². The second kappa shape index (κ2) is 4.29. The molecule has 0 radical (unpaired) electrons. The third-order valence-corrected chi connectivity index (χ3v) is 2.10. The van der Waals surface area contributed by atoms with E-state index in [0.717, 1.165) is 25.0 Å². The molecule has 2 nitrogen and oxygen atoms in total. The van der Waals surface area contributed by atoms with E-state index in [9.17, 15) is 4.79 Å². The molecule has 1 aliphatic rings. The van der Waals surface area contributed by atoms with Gasteiger partial charge in [-0.15, -0.1) is 0 Å². The highest BCUT2D eigenvalue weighted by Gasteiger charge is 2.12. The average Bonchev–Trinajstić information content (AvgIpc) is 2.04. The highest BCUT2D eigenvalue weighted by Crippen LogP contribution is 2.18. The first-order chi connectivity index (χ1) is 5.72. The van der Waals surface area contributed by atoms with Crippen molar-refractivity contribution in [3.8, 4) is 0 Å². The van der Waals surface area contributed by atoms with Crippen LogP contribution in [0.15, 0.2) is 11.8 Å². The van der Waals surface area contributed by atoms with E-state index in [1.807, 2.05) is 6.92 Å². The summed E-state index contributed by atoms with van der Waals surface area (Å²) in [6, 6.07) is 0. The van der Waals surface area contributed by atoms with Gasteiger partial charge in [0.15, 0.2) is 5.78 Å². The summed E-state index contributed by atoms with van der Waals surface area (Å²) in [5, 5.41) is 0. The Labute approximate surface area is 73.6 Å². The van der Waals surface area contributed by atoms with Crippen LogP contribution >= 0.6 is 0 Å². The summed E-state index contributed by atoms with van der Waals surface area (Å²) >= 11 is 0. The van der Waals surface area contributed by atoms with Crippen LogP contribution in [0.2, 0.25) is 0 Å². The maximum Gasteiger partial charge on any atom is 0.159 e. The van der Waals surface area contributed by atoms with Crippen molar-refractivity contribution in [1.29, 1.82) is 0 Å². The molecule has 0 aliphatic heterocycles. The highest BCUT2D eigenvalue weighted by atomic mass is 16.5. The van der Waals surface area contributed by atoms with Gasteiger partial charge >= 0.3 is 0 Å². The van der Waals surface area contributed by atoms with E-state index in [2.05, 4.69) is 6.92 Å². The van der Waals surface area contributed by atoms with E-state index >= 15 is 0 Å². The Balaban J connectivity index is 2.45. The minimum Gasteiger partial charge on any atom is -0.495 e. The molecule has 0 amide bonds. The van der Waals surface area contributed by atoms with Crippen molar-refractivity contribution >= 4 is 5.78 Å². The number of hydrogen-bond donors (Lipinski definition) is 0. The van der Waals surface area contributed by atoms with Crippen molar-refractivity contribution < 1.29 is 9.53 Å². The summed E-state index contributed by atoms with van der Waals surface area (Å²) in [6.45, 7) is 4.11. The molecule has 12 heavy (non-hydrogen) atoms. The van der Waals surface area contributed by atoms with E-state index in [-0.39, 0.29) is 11.9 Å². The number of ether oxygens (including phenoxy) is 1. The van der Waals surface area contributed by atoms with Crippen molar-refractivity contribution in [1.82, 2.24) is 0 Å². The quantitative estimate of drug-likeness (QED) is 0.647. The molecule has 0 saturated carbocycles. The van der Waals surface area contributed by atoms with Crippen LogP contribution in [0.3, 0.4) is 0 Å². The summed E-state index contributed by atoms with van der Waals surface area (Å²) in [7, 11) is 0. The highest BCUT2D eigenvalue weighted by molar-refractivity contribution is 5.90. The Hall–Kier alpha value is -0.790. The van der Waals surface area contributed by atoms with Gasteiger partial charge in [-0.05, 0) is 19.8 Å². The first-order valence-electron chi connectivity index (χ1n) is 4.62. The second-order valence-electron chi connectivity index (χ2n) is 3.27. The summed E-state index contributed by atoms with van der Waals surface area (Å²) < 4.78 is 5.55. The van der Waals surface area contributed by atoms with Crippen LogP contribution in [-0.2, 0) is 9.53 Å². The van der Waals surface area contributed by atoms with E-state index in [1.165, 1.54) is 0 Å². The zero-order chi connectivity index (χ0) is 8.97. The van der Waals surface area contributed by atoms with Gasteiger partial charge in [0.25, 0.3) is 0 Å². The molecule has 0 saturated heterocycles. The van der Waals surface area contributed by atoms with Crippen LogP contribution in [0.25, 0.3) is 0 Å². The van der Waals surface area contributed by atoms with Crippen LogP contribution < -0.4 is 0 Å². The molecule has 2 heteroatoms. The van der Waals surface area contributed by atoms with Gasteiger partial charge in [-0.2, -0.15) is 0 Å². The van der Waals surface area contributed by atoms with E-state index in [0.29, 0.717) is 6.42 Å². The molecule has 0 unspecified atom stereocenters. The predicted molar refractivity (Wildman–Crippen MR) is 47.8 cm³/mol. The lowest BCUT2D eigenvalue weighted by molar-refractivity contribution is -0.115. The van der Waals surface area contributed by atoms with Crippen LogP contribution in [0.5, 0.6) is 0 Å². The predicted octanol–water partition coefficient (Wildman–Crippen LogP) is 2.44. The number of hydrogen-bond acceptors (Lipinski definition) is 2. The van der Waals surface area contributed by atoms with Gasteiger partial charge in [-0.3, -0.25) is 4.79 Å². The molecule has 0 aromatic rings. The van der Waals surface area contributed by atoms with Gasteiger partial charge < -0.3 is 4.74 Å². The van der Waals surface area contributed by atoms with Gasteiger partial charge in [-0.25, -0.2) is 0 Å². The van der Waals surface area contributed by atoms with Crippen molar-refractivity contribution in [2.75, 3.05) is 0 Å². The minimum absolute atomic E-state index is 0.208. The summed E-state index contributed by atoms with van der Waals surface area (Å²) in [4.78, 5) is 11.0. The topological polar surface area (TPSA) is 26.3 Å². The molecule has 68 valence electrons. The average molecular weight is 168 g/mol. The molecule has 0 heterocycles. The largest absolute Gasteiger partial charge is 0.495 e. The van der Waals surface area contributed by atoms with Crippen LogP contribution in [0, 0.1) is 0 Å². The van der Waals surface area contributed by atoms with Gasteiger partial charge in [-0.1, -0.05) is 6.92 Å². The Morgan fingerprint density at radius 2 is 2.33 bits per heavy atom. The Morgan fingerprint density at radius 1 is 1.58 bits per heavy atom. The van der Waals surface area contributed by atoms with E-state index in [1.54, 1.807) is 6.08 Å². The number of allylic oxidation sites excluding steroid dienone is 2. The van der Waals surface area contributed by atoms with Crippen molar-refractivity contribution in [2.45, 2.75) is 45.6 Å². The zero-order valence-electron chi connectivity index (χ0n) is 7.80. The SMILES string of the molecule is CC[C@H](C)OC1=CC(=O)CCC1. The third kappa shape index (κ3) is 2.68. The van der Waals surface area contributed by atoms with Gasteiger partial charge in [0.05, 0.1) is 11.9 Å². The molecule has 0 fully saturated rings. The number of carbonyl (C=O) groups is 1. The van der Waals surface area contributed by atoms with E-state index < -0.39 is 0 Å². The molecule has 1 atom stereocenters. The molecular formula is C10H16O2. The number of ketones is 1. The molecule has 0 spiro atoms. The first kappa shape index (κ1) is 9.30. The van der Waals surface area contributed by atoms with Crippen molar-refractivity contribution in [3.05, 3.63) is 11.8 Å². The molecule has 0 aromatic heterocycles. The molecule has 0 bridgehead atoms. The lowest BCUT2D eigenvalue weighted by Crippen LogP contribution is -2.11. The van der Waals surface area contributed by atoms with Crippen molar-refractivity contribution in [3.63, 3.8) is 0 Å². The Kier molecular flexibility index (Phi) is 3.32. The fourth-order valence-corrected chi connectivity index (χ4v) is 1.20. The van der Waals surface area contributed by atoms with Crippen molar-refractivity contribution in [2.24, 2.45) is 0 Å². The monoisotopic (exact) mass is 168 g/mol. The van der Waals surface area contributed by atoms with Gasteiger partial charge in [0, 0.05) is 18.9 Å². The minimum atomic E-state index is 0.208. The van der Waals surface area contributed by atoms with Crippen LogP contribution in [-0.4, -0.2) is 11.9 Å². The molecule has 0 aromatic carbocycles. The fourth-order valence-electron chi connectivity index (χ4n) is 1.20. The first-order valence-corrected chi connectivity index (χ1v) is 4.62. The smallest absolute Gasteiger partial charge is 0.159 e. The Morgan fingerprint density at radius 3 is 2.92 bits per heavy atom. The number of carbonyl (C=O) groups excluding carboxylic acids is 1. The van der Waals surface area contributed by atoms with Crippen LogP contribution in [0.4, 0.5) is 0 Å². The summed E-state index contributed by atoms with van der Waals surface area (Å²) in [6.07, 6.45) is 5.44. The molecular weight excluding hydrogens is 152 g/mol. The third-order valence-electron chi connectivity index (χ3n) is 2.10. The summed E-state index contributed by atoms with van der Waals surface area (Å²) in [5.41, 5.74) is 0.